The first-order valence-electron chi connectivity index (χ1n) is 12.2. The van der Waals surface area contributed by atoms with Crippen LogP contribution in [0.2, 0.25) is 0 Å². The molecule has 3 heterocycles. The molecular formula is C26H31N7O2S2. The summed E-state index contributed by atoms with van der Waals surface area (Å²) in [5.74, 6) is 1.16. The molecule has 5 rings (SSSR count). The molecule has 3 N–H and O–H groups in total. The minimum atomic E-state index is -3.56. The summed E-state index contributed by atoms with van der Waals surface area (Å²) in [6.45, 7) is 6.72. The Morgan fingerprint density at radius 1 is 0.919 bits per heavy atom. The minimum absolute atomic E-state index is 0.226. The van der Waals surface area contributed by atoms with Gasteiger partial charge in [-0.25, -0.2) is 18.1 Å². The number of likely N-dealkylation sites (N-methyl/N-ethyl adjacent to an activating group) is 1. The molecule has 0 atom stereocenters. The summed E-state index contributed by atoms with van der Waals surface area (Å²) < 4.78 is 28.7. The van der Waals surface area contributed by atoms with Gasteiger partial charge in [-0.3, -0.25) is 0 Å². The molecule has 37 heavy (non-hydrogen) atoms. The van der Waals surface area contributed by atoms with E-state index in [9.17, 15) is 8.42 Å². The van der Waals surface area contributed by atoms with Crippen LogP contribution in [0.15, 0.2) is 64.9 Å². The minimum Gasteiger partial charge on any atom is -0.369 e. The van der Waals surface area contributed by atoms with E-state index >= 15 is 0 Å². The van der Waals surface area contributed by atoms with Crippen LogP contribution >= 0.6 is 11.3 Å². The van der Waals surface area contributed by atoms with Crippen molar-refractivity contribution in [2.75, 3.05) is 61.8 Å². The second-order valence-electron chi connectivity index (χ2n) is 9.13. The number of anilines is 4. The highest BCUT2D eigenvalue weighted by atomic mass is 32.2. The van der Waals surface area contributed by atoms with Crippen molar-refractivity contribution in [3.05, 3.63) is 65.5 Å². The first-order chi connectivity index (χ1) is 17.9. The first-order valence-corrected chi connectivity index (χ1v) is 14.6. The van der Waals surface area contributed by atoms with E-state index in [2.05, 4.69) is 54.3 Å². The largest absolute Gasteiger partial charge is 0.369 e. The number of thiophene rings is 1. The molecule has 0 aliphatic carbocycles. The van der Waals surface area contributed by atoms with Crippen molar-refractivity contribution in [1.29, 1.82) is 0 Å². The summed E-state index contributed by atoms with van der Waals surface area (Å²) in [6.07, 6.45) is 0. The van der Waals surface area contributed by atoms with Gasteiger partial charge >= 0.3 is 0 Å². The molecule has 0 bridgehead atoms. The van der Waals surface area contributed by atoms with Crippen molar-refractivity contribution >= 4 is 54.7 Å². The fraction of sp³-hybridized carbons (Fsp3) is 0.308. The zero-order chi connectivity index (χ0) is 25.8. The molecule has 1 aliphatic heterocycles. The average molecular weight is 538 g/mol. The lowest BCUT2D eigenvalue weighted by Crippen LogP contribution is -2.44. The van der Waals surface area contributed by atoms with Crippen molar-refractivity contribution < 1.29 is 8.42 Å². The molecule has 194 valence electrons. The normalized spacial score (nSPS) is 14.7. The van der Waals surface area contributed by atoms with E-state index in [0.29, 0.717) is 18.3 Å². The lowest BCUT2D eigenvalue weighted by Gasteiger charge is -2.34. The van der Waals surface area contributed by atoms with E-state index in [4.69, 9.17) is 0 Å². The number of rotatable bonds is 9. The van der Waals surface area contributed by atoms with Gasteiger partial charge in [0.15, 0.2) is 0 Å². The van der Waals surface area contributed by atoms with E-state index < -0.39 is 10.0 Å². The summed E-state index contributed by atoms with van der Waals surface area (Å²) in [6, 6.07) is 17.1. The molecule has 0 radical (unpaired) electrons. The molecule has 0 unspecified atom stereocenters. The number of nitrogens with one attached hydrogen (secondary N) is 3. The van der Waals surface area contributed by atoms with Crippen molar-refractivity contribution in [1.82, 2.24) is 19.6 Å². The van der Waals surface area contributed by atoms with E-state index in [1.54, 1.807) is 35.6 Å². The van der Waals surface area contributed by atoms with Gasteiger partial charge in [-0.15, -0.1) is 11.3 Å². The third kappa shape index (κ3) is 6.19. The third-order valence-corrected chi connectivity index (χ3v) is 8.72. The van der Waals surface area contributed by atoms with E-state index in [1.165, 1.54) is 5.69 Å². The predicted octanol–water partition coefficient (Wildman–Crippen LogP) is 3.89. The standard InChI is InChI=1S/C26H31N7O2S2/c1-19-3-9-22(10-4-19)37(34,35)28-13-12-27-25-24-23(11-18-36-24)30-26(31-25)29-20-5-7-21(8-6-20)33-16-14-32(2)15-17-33/h3-11,18,28H,12-17H2,1-2H3,(H2,27,29,30,31). The summed E-state index contributed by atoms with van der Waals surface area (Å²) in [5, 5.41) is 8.55. The van der Waals surface area contributed by atoms with Crippen molar-refractivity contribution in [3.8, 4) is 0 Å². The highest BCUT2D eigenvalue weighted by Crippen LogP contribution is 2.28. The Balaban J connectivity index is 1.22. The van der Waals surface area contributed by atoms with Gasteiger partial charge in [-0.1, -0.05) is 17.7 Å². The maximum Gasteiger partial charge on any atom is 0.240 e. The van der Waals surface area contributed by atoms with E-state index in [0.717, 1.165) is 47.6 Å². The molecule has 1 saturated heterocycles. The maximum atomic E-state index is 12.5. The molecule has 4 aromatic rings. The van der Waals surface area contributed by atoms with Gasteiger partial charge < -0.3 is 20.4 Å². The number of sulfonamides is 1. The second-order valence-corrected chi connectivity index (χ2v) is 11.8. The number of hydrogen-bond acceptors (Lipinski definition) is 9. The van der Waals surface area contributed by atoms with Gasteiger partial charge in [0.2, 0.25) is 16.0 Å². The monoisotopic (exact) mass is 537 g/mol. The molecule has 2 aromatic carbocycles. The van der Waals surface area contributed by atoms with Crippen molar-refractivity contribution in [2.45, 2.75) is 11.8 Å². The lowest BCUT2D eigenvalue weighted by molar-refractivity contribution is 0.313. The highest BCUT2D eigenvalue weighted by molar-refractivity contribution is 7.89. The molecule has 0 spiro atoms. The zero-order valence-electron chi connectivity index (χ0n) is 20.9. The molecule has 9 nitrogen and oxygen atoms in total. The quantitative estimate of drug-likeness (QED) is 0.277. The third-order valence-electron chi connectivity index (χ3n) is 6.34. The second kappa shape index (κ2) is 11.0. The Bertz CT molecular complexity index is 1450. The lowest BCUT2D eigenvalue weighted by atomic mass is 10.2. The summed E-state index contributed by atoms with van der Waals surface area (Å²) in [5.41, 5.74) is 3.96. The Morgan fingerprint density at radius 2 is 1.65 bits per heavy atom. The van der Waals surface area contributed by atoms with Gasteiger partial charge in [0.1, 0.15) is 5.82 Å². The van der Waals surface area contributed by atoms with Crippen LogP contribution in [0.3, 0.4) is 0 Å². The average Bonchev–Trinajstić information content (AvgIpc) is 3.37. The fourth-order valence-electron chi connectivity index (χ4n) is 4.16. The number of nitrogens with zero attached hydrogens (tertiary/aromatic N) is 4. The van der Waals surface area contributed by atoms with Crippen LogP contribution in [0, 0.1) is 6.92 Å². The topological polar surface area (TPSA) is 102 Å². The molecule has 0 amide bonds. The number of hydrogen-bond donors (Lipinski definition) is 3. The zero-order valence-corrected chi connectivity index (χ0v) is 22.6. The Labute approximate surface area is 221 Å². The predicted molar refractivity (Wildman–Crippen MR) is 152 cm³/mol. The van der Waals surface area contributed by atoms with Crippen LogP contribution in [0.1, 0.15) is 5.56 Å². The summed E-state index contributed by atoms with van der Waals surface area (Å²) in [4.78, 5) is 14.3. The molecular weight excluding hydrogens is 506 g/mol. The number of piperazine rings is 1. The van der Waals surface area contributed by atoms with E-state index in [1.807, 2.05) is 30.5 Å². The number of benzene rings is 2. The molecule has 0 saturated carbocycles. The maximum absolute atomic E-state index is 12.5. The fourth-order valence-corrected chi connectivity index (χ4v) is 5.98. The smallest absolute Gasteiger partial charge is 0.240 e. The van der Waals surface area contributed by atoms with Gasteiger partial charge in [-0.05, 0) is 61.8 Å². The Hall–Kier alpha value is -3.25. The molecule has 1 fully saturated rings. The summed E-state index contributed by atoms with van der Waals surface area (Å²) >= 11 is 1.55. The molecule has 1 aliphatic rings. The van der Waals surface area contributed by atoms with Crippen LogP contribution < -0.4 is 20.3 Å². The van der Waals surface area contributed by atoms with Gasteiger partial charge in [0, 0.05) is 50.6 Å². The Morgan fingerprint density at radius 3 is 2.38 bits per heavy atom. The number of aromatic nitrogens is 2. The van der Waals surface area contributed by atoms with Crippen molar-refractivity contribution in [3.63, 3.8) is 0 Å². The Kier molecular flexibility index (Phi) is 7.56. The van der Waals surface area contributed by atoms with Crippen LogP contribution in [-0.2, 0) is 10.0 Å². The first kappa shape index (κ1) is 25.4. The molecule has 2 aromatic heterocycles. The number of aryl methyl sites for hydroxylation is 1. The summed E-state index contributed by atoms with van der Waals surface area (Å²) in [7, 11) is -1.41. The van der Waals surface area contributed by atoms with Gasteiger partial charge in [0.25, 0.3) is 0 Å². The van der Waals surface area contributed by atoms with E-state index in [-0.39, 0.29) is 11.4 Å². The highest BCUT2D eigenvalue weighted by Gasteiger charge is 2.15. The van der Waals surface area contributed by atoms with Crippen LogP contribution in [-0.4, -0.2) is 69.6 Å². The van der Waals surface area contributed by atoms with Gasteiger partial charge in [0.05, 0.1) is 15.1 Å². The van der Waals surface area contributed by atoms with Crippen LogP contribution in [0.5, 0.6) is 0 Å². The molecule has 11 heteroatoms. The van der Waals surface area contributed by atoms with Crippen LogP contribution in [0.25, 0.3) is 10.2 Å². The van der Waals surface area contributed by atoms with Crippen LogP contribution in [0.4, 0.5) is 23.1 Å². The van der Waals surface area contributed by atoms with Crippen molar-refractivity contribution in [2.24, 2.45) is 0 Å². The SMILES string of the molecule is Cc1ccc(S(=O)(=O)NCCNc2nc(Nc3ccc(N4CCN(C)CC4)cc3)nc3ccsc23)cc1. The van der Waals surface area contributed by atoms with Gasteiger partial charge in [-0.2, -0.15) is 4.98 Å². The number of fused-ring (bicyclic) bond motifs is 1.